The van der Waals surface area contributed by atoms with Crippen LogP contribution in [0.4, 0.5) is 17.2 Å². The van der Waals surface area contributed by atoms with Gasteiger partial charge in [0, 0.05) is 13.2 Å². The standard InChI is InChI=1S/C15H14ClN5O2/c1-3-12(22)19-10-6-4-5-7-11(10)20-13-9(14(23)17-2)8-18-15(16)21-13/h3-8H,1H2,2H3,(H,17,23)(H,19,22)(H,18,20,21). The highest BCUT2D eigenvalue weighted by molar-refractivity contribution is 6.28. The molecule has 8 heteroatoms. The molecule has 2 aromatic rings. The lowest BCUT2D eigenvalue weighted by atomic mass is 10.2. The monoisotopic (exact) mass is 331 g/mol. The van der Waals surface area contributed by atoms with Crippen molar-refractivity contribution in [3.63, 3.8) is 0 Å². The quantitative estimate of drug-likeness (QED) is 0.577. The number of hydrogen-bond acceptors (Lipinski definition) is 5. The van der Waals surface area contributed by atoms with Gasteiger partial charge in [-0.05, 0) is 29.8 Å². The van der Waals surface area contributed by atoms with Crippen LogP contribution in [-0.4, -0.2) is 28.8 Å². The van der Waals surface area contributed by atoms with Crippen molar-refractivity contribution in [2.75, 3.05) is 17.7 Å². The fourth-order valence-electron chi connectivity index (χ4n) is 1.77. The number of amides is 2. The highest BCUT2D eigenvalue weighted by atomic mass is 35.5. The molecule has 118 valence electrons. The Kier molecular flexibility index (Phi) is 5.27. The Hall–Kier alpha value is -2.93. The van der Waals surface area contributed by atoms with Crippen molar-refractivity contribution < 1.29 is 9.59 Å². The average Bonchev–Trinajstić information content (AvgIpc) is 2.56. The minimum absolute atomic E-state index is 0.00670. The van der Waals surface area contributed by atoms with Gasteiger partial charge in [-0.2, -0.15) is 4.98 Å². The topological polar surface area (TPSA) is 96.0 Å². The SMILES string of the molecule is C=CC(=O)Nc1ccccc1Nc1nc(Cl)ncc1C(=O)NC. The molecular weight excluding hydrogens is 318 g/mol. The highest BCUT2D eigenvalue weighted by Crippen LogP contribution is 2.26. The van der Waals surface area contributed by atoms with Crippen LogP contribution in [0.25, 0.3) is 0 Å². The summed E-state index contributed by atoms with van der Waals surface area (Å²) in [6.07, 6.45) is 2.48. The third-order valence-electron chi connectivity index (χ3n) is 2.85. The van der Waals surface area contributed by atoms with Gasteiger partial charge in [-0.25, -0.2) is 4.98 Å². The van der Waals surface area contributed by atoms with E-state index in [1.54, 1.807) is 24.3 Å². The lowest BCUT2D eigenvalue weighted by molar-refractivity contribution is -0.111. The molecule has 0 bridgehead atoms. The molecule has 0 unspecified atom stereocenters. The van der Waals surface area contributed by atoms with Crippen molar-refractivity contribution in [1.29, 1.82) is 0 Å². The predicted octanol–water partition coefficient (Wildman–Crippen LogP) is 2.36. The molecule has 1 aromatic carbocycles. The zero-order chi connectivity index (χ0) is 16.8. The lowest BCUT2D eigenvalue weighted by Gasteiger charge is -2.14. The summed E-state index contributed by atoms with van der Waals surface area (Å²) >= 11 is 5.80. The minimum atomic E-state index is -0.364. The zero-order valence-corrected chi connectivity index (χ0v) is 13.0. The van der Waals surface area contributed by atoms with Crippen LogP contribution in [0.3, 0.4) is 0 Å². The Morgan fingerprint density at radius 3 is 2.61 bits per heavy atom. The molecule has 0 saturated carbocycles. The second-order valence-electron chi connectivity index (χ2n) is 4.34. The molecule has 1 aromatic heterocycles. The van der Waals surface area contributed by atoms with Crippen molar-refractivity contribution in [3.05, 3.63) is 54.0 Å². The second kappa shape index (κ2) is 7.37. The predicted molar refractivity (Wildman–Crippen MR) is 89.0 cm³/mol. The van der Waals surface area contributed by atoms with Crippen LogP contribution >= 0.6 is 11.6 Å². The van der Waals surface area contributed by atoms with E-state index in [-0.39, 0.29) is 28.5 Å². The molecule has 2 amide bonds. The summed E-state index contributed by atoms with van der Waals surface area (Å²) < 4.78 is 0. The molecule has 0 aliphatic carbocycles. The zero-order valence-electron chi connectivity index (χ0n) is 12.3. The summed E-state index contributed by atoms with van der Waals surface area (Å²) in [6, 6.07) is 6.96. The number of carbonyl (C=O) groups is 2. The molecule has 23 heavy (non-hydrogen) atoms. The molecule has 1 heterocycles. The maximum absolute atomic E-state index is 11.9. The summed E-state index contributed by atoms with van der Waals surface area (Å²) in [7, 11) is 1.50. The average molecular weight is 332 g/mol. The molecule has 0 radical (unpaired) electrons. The number of para-hydroxylation sites is 2. The van der Waals surface area contributed by atoms with Crippen molar-refractivity contribution >= 4 is 40.6 Å². The van der Waals surface area contributed by atoms with Gasteiger partial charge in [0.15, 0.2) is 0 Å². The molecule has 0 aliphatic rings. The number of hydrogen-bond donors (Lipinski definition) is 3. The first-order chi connectivity index (χ1) is 11.0. The van der Waals surface area contributed by atoms with Crippen LogP contribution < -0.4 is 16.0 Å². The molecule has 0 atom stereocenters. The molecule has 0 saturated heterocycles. The normalized spacial score (nSPS) is 9.83. The van der Waals surface area contributed by atoms with E-state index >= 15 is 0 Å². The van der Waals surface area contributed by atoms with E-state index in [1.807, 2.05) is 0 Å². The van der Waals surface area contributed by atoms with Crippen LogP contribution in [0, 0.1) is 0 Å². The molecule has 7 nitrogen and oxygen atoms in total. The Bertz CT molecular complexity index is 763. The molecule has 0 aliphatic heterocycles. The van der Waals surface area contributed by atoms with Crippen molar-refractivity contribution in [3.8, 4) is 0 Å². The number of aromatic nitrogens is 2. The van der Waals surface area contributed by atoms with Gasteiger partial charge in [0.1, 0.15) is 11.4 Å². The molecule has 0 spiro atoms. The van der Waals surface area contributed by atoms with Gasteiger partial charge >= 0.3 is 0 Å². The van der Waals surface area contributed by atoms with Crippen LogP contribution in [-0.2, 0) is 4.79 Å². The van der Waals surface area contributed by atoms with E-state index in [4.69, 9.17) is 11.6 Å². The van der Waals surface area contributed by atoms with E-state index in [9.17, 15) is 9.59 Å². The summed E-state index contributed by atoms with van der Waals surface area (Å²) in [5, 5.41) is 8.13. The first-order valence-corrected chi connectivity index (χ1v) is 6.97. The van der Waals surface area contributed by atoms with Gasteiger partial charge in [-0.15, -0.1) is 0 Å². The molecule has 3 N–H and O–H groups in total. The highest BCUT2D eigenvalue weighted by Gasteiger charge is 2.15. The summed E-state index contributed by atoms with van der Waals surface area (Å²) in [4.78, 5) is 31.2. The Labute approximate surface area is 137 Å². The number of benzene rings is 1. The van der Waals surface area contributed by atoms with Crippen LogP contribution in [0.2, 0.25) is 5.28 Å². The fraction of sp³-hybridized carbons (Fsp3) is 0.0667. The van der Waals surface area contributed by atoms with Gasteiger partial charge in [-0.3, -0.25) is 9.59 Å². The number of halogens is 1. The van der Waals surface area contributed by atoms with Crippen molar-refractivity contribution in [2.45, 2.75) is 0 Å². The van der Waals surface area contributed by atoms with Crippen LogP contribution in [0.1, 0.15) is 10.4 Å². The van der Waals surface area contributed by atoms with Gasteiger partial charge in [0.2, 0.25) is 11.2 Å². The Morgan fingerprint density at radius 2 is 1.96 bits per heavy atom. The Balaban J connectivity index is 2.39. The molecular formula is C15H14ClN5O2. The van der Waals surface area contributed by atoms with Gasteiger partial charge in [0.25, 0.3) is 5.91 Å². The lowest BCUT2D eigenvalue weighted by Crippen LogP contribution is -2.20. The smallest absolute Gasteiger partial charge is 0.256 e. The van der Waals surface area contributed by atoms with Crippen LogP contribution in [0.15, 0.2) is 43.1 Å². The van der Waals surface area contributed by atoms with Gasteiger partial charge in [-0.1, -0.05) is 18.7 Å². The first-order valence-electron chi connectivity index (χ1n) is 6.59. The summed E-state index contributed by atoms with van der Waals surface area (Å²) in [5.41, 5.74) is 1.28. The van der Waals surface area contributed by atoms with E-state index in [0.717, 1.165) is 6.08 Å². The number of carbonyl (C=O) groups excluding carboxylic acids is 2. The molecule has 0 fully saturated rings. The summed E-state index contributed by atoms with van der Waals surface area (Å²) in [5.74, 6) is -0.493. The second-order valence-corrected chi connectivity index (χ2v) is 4.68. The number of nitrogens with zero attached hydrogens (tertiary/aromatic N) is 2. The summed E-state index contributed by atoms with van der Waals surface area (Å²) in [6.45, 7) is 3.41. The van der Waals surface area contributed by atoms with E-state index in [1.165, 1.54) is 13.2 Å². The van der Waals surface area contributed by atoms with Gasteiger partial charge in [0.05, 0.1) is 11.4 Å². The van der Waals surface area contributed by atoms with E-state index in [2.05, 4.69) is 32.5 Å². The number of rotatable bonds is 5. The van der Waals surface area contributed by atoms with E-state index in [0.29, 0.717) is 11.4 Å². The van der Waals surface area contributed by atoms with Gasteiger partial charge < -0.3 is 16.0 Å². The van der Waals surface area contributed by atoms with Crippen LogP contribution in [0.5, 0.6) is 0 Å². The Morgan fingerprint density at radius 1 is 1.26 bits per heavy atom. The number of nitrogens with one attached hydrogen (secondary N) is 3. The first kappa shape index (κ1) is 16.4. The largest absolute Gasteiger partial charge is 0.355 e. The van der Waals surface area contributed by atoms with E-state index < -0.39 is 0 Å². The number of anilines is 3. The third kappa shape index (κ3) is 4.04. The minimum Gasteiger partial charge on any atom is -0.355 e. The van der Waals surface area contributed by atoms with Crippen molar-refractivity contribution in [1.82, 2.24) is 15.3 Å². The third-order valence-corrected chi connectivity index (χ3v) is 3.04. The maximum Gasteiger partial charge on any atom is 0.256 e. The van der Waals surface area contributed by atoms with Crippen molar-refractivity contribution in [2.24, 2.45) is 0 Å². The maximum atomic E-state index is 11.9. The molecule has 2 rings (SSSR count). The fourth-order valence-corrected chi connectivity index (χ4v) is 1.90.